The maximum atomic E-state index is 15.1. The number of aromatic hydroxyl groups is 2. The quantitative estimate of drug-likeness (QED) is 0.0167. The molecule has 0 bridgehead atoms. The van der Waals surface area contributed by atoms with Crippen molar-refractivity contribution < 1.29 is 117 Å². The molecule has 129 heavy (non-hydrogen) atoms. The van der Waals surface area contributed by atoms with E-state index < -0.39 is 254 Å². The number of carbonyl (C=O) groups excluding carboxylic acids is 15. The number of aliphatic hydroxyl groups is 3. The van der Waals surface area contributed by atoms with Crippen LogP contribution in [0, 0.1) is 23.7 Å². The van der Waals surface area contributed by atoms with Crippen LogP contribution in [0.5, 0.6) is 11.5 Å². The largest absolute Gasteiger partial charge is 0.508 e. The Morgan fingerprint density at radius 2 is 0.775 bits per heavy atom. The van der Waals surface area contributed by atoms with Crippen LogP contribution >= 0.6 is 0 Å². The fourth-order valence-corrected chi connectivity index (χ4v) is 13.6. The standard InChI is InChI=1S/C87H124N18O24/c1-10-47(8)72(85(126)98-63(38-52-41-91-56-21-15-14-20-55(52)56)81(122)103-70(45(4)5)83(124)94-57(22-16-17-33-88)74(115)93-58(31-32-67(90)111)75(116)101-66(43-107)87(128)129)104-78(119)59(34-44(2)3)97-84(125)71(46(6)7)102-79(120)62(37-51-25-29-54(110)30-26-51)95-77(118)64(39-69(113)114)99-86(127)73(48(9)108)105-80(121)61(35-49-18-12-11-13-19-49)96-82(123)65(42-106)100-76(117)60(92-68(112)40-89)36-50-23-27-53(109)28-24-50/h11-15,18-21,23-30,41,44-48,57-66,70-73,91,106-110H,10,16-17,22,31-40,42-43,88-89H2,1-9H3,(H2,90,111)(H,92,112)(H,93,115)(H,94,124)(H,95,118)(H,96,123)(H,97,125)(H,98,126)(H,99,127)(H,100,117)(H,101,116)(H,102,120)(H,103,122)(H,104,119)(H,105,121)(H,113,114)(H,128,129)/t47-,48+,57-,58-,59-,60-,61-,62-,63-,64-,65-,66-,70-,71-,72-,73-/m0/s1. The van der Waals surface area contributed by atoms with Crippen molar-refractivity contribution >= 4 is 111 Å². The van der Waals surface area contributed by atoms with Gasteiger partial charge in [0.25, 0.3) is 0 Å². The van der Waals surface area contributed by atoms with Gasteiger partial charge in [-0.3, -0.25) is 76.7 Å². The second kappa shape index (κ2) is 52.8. The van der Waals surface area contributed by atoms with Crippen molar-refractivity contribution in [3.8, 4) is 11.5 Å². The van der Waals surface area contributed by atoms with Crippen molar-refractivity contribution in [1.29, 1.82) is 0 Å². The number of phenolic OH excluding ortho intramolecular Hbond substituents is 2. The second-order valence-electron chi connectivity index (χ2n) is 32.6. The predicted octanol–water partition coefficient (Wildman–Crippen LogP) is -3.68. The number of para-hydroxylation sites is 1. The van der Waals surface area contributed by atoms with E-state index >= 15 is 9.59 Å². The molecule has 28 N–H and O–H groups in total. The number of phenols is 2. The minimum atomic E-state index is -2.13. The van der Waals surface area contributed by atoms with Crippen LogP contribution in [0.15, 0.2) is 109 Å². The van der Waals surface area contributed by atoms with E-state index in [4.69, 9.17) is 17.2 Å². The molecule has 706 valence electrons. The number of rotatable bonds is 55. The molecule has 0 saturated carbocycles. The highest BCUT2D eigenvalue weighted by atomic mass is 16.4. The number of nitrogens with one attached hydrogen (secondary N) is 15. The number of fused-ring (bicyclic) bond motifs is 1. The van der Waals surface area contributed by atoms with Crippen LogP contribution in [0.1, 0.15) is 136 Å². The molecule has 5 rings (SSSR count). The topological polar surface area (TPSA) is 694 Å². The summed E-state index contributed by atoms with van der Waals surface area (Å²) in [6.45, 7) is 11.6. The summed E-state index contributed by atoms with van der Waals surface area (Å²) in [6.07, 6.45) is -2.87. The normalized spacial score (nSPS) is 15.0. The van der Waals surface area contributed by atoms with Gasteiger partial charge in [0.05, 0.1) is 32.3 Å². The third-order valence-corrected chi connectivity index (χ3v) is 21.1. The highest BCUT2D eigenvalue weighted by Crippen LogP contribution is 2.23. The molecule has 15 amide bonds. The Morgan fingerprint density at radius 1 is 0.395 bits per heavy atom. The van der Waals surface area contributed by atoms with Crippen molar-refractivity contribution in [3.05, 3.63) is 132 Å². The van der Waals surface area contributed by atoms with Crippen molar-refractivity contribution in [2.45, 2.75) is 230 Å². The average Bonchev–Trinajstić information content (AvgIpc) is 1.75. The molecule has 0 saturated heterocycles. The van der Waals surface area contributed by atoms with E-state index in [-0.39, 0.29) is 74.5 Å². The number of carboxylic acids is 2. The van der Waals surface area contributed by atoms with E-state index in [1.807, 2.05) is 0 Å². The van der Waals surface area contributed by atoms with Crippen LogP contribution in [-0.4, -0.2) is 258 Å². The first-order valence-corrected chi connectivity index (χ1v) is 42.4. The Morgan fingerprint density at radius 3 is 1.25 bits per heavy atom. The van der Waals surface area contributed by atoms with Crippen LogP contribution in [0.3, 0.4) is 0 Å². The first-order chi connectivity index (χ1) is 61.0. The molecule has 5 aromatic rings. The van der Waals surface area contributed by atoms with Crippen molar-refractivity contribution in [2.24, 2.45) is 40.9 Å². The van der Waals surface area contributed by atoms with Crippen LogP contribution in [0.4, 0.5) is 0 Å². The minimum absolute atomic E-state index is 0.0865. The number of aliphatic hydroxyl groups excluding tert-OH is 3. The van der Waals surface area contributed by atoms with Crippen LogP contribution in [0.25, 0.3) is 10.9 Å². The Kier molecular flexibility index (Phi) is 43.5. The molecule has 0 spiro atoms. The summed E-state index contributed by atoms with van der Waals surface area (Å²) < 4.78 is 0. The lowest BCUT2D eigenvalue weighted by atomic mass is 9.95. The maximum Gasteiger partial charge on any atom is 0.328 e. The van der Waals surface area contributed by atoms with Crippen LogP contribution in [0.2, 0.25) is 0 Å². The molecule has 0 aliphatic heterocycles. The number of primary amides is 1. The fraction of sp³-hybridized carbons (Fsp3) is 0.506. The second-order valence-corrected chi connectivity index (χ2v) is 32.6. The molecule has 0 aliphatic carbocycles. The van der Waals surface area contributed by atoms with E-state index in [0.717, 1.165) is 6.92 Å². The lowest BCUT2D eigenvalue weighted by Gasteiger charge is -2.31. The molecular weight excluding hydrogens is 1680 g/mol. The summed E-state index contributed by atoms with van der Waals surface area (Å²) in [5, 5.41) is 107. The predicted molar refractivity (Wildman–Crippen MR) is 468 cm³/mol. The summed E-state index contributed by atoms with van der Waals surface area (Å²) in [7, 11) is 0. The zero-order valence-corrected chi connectivity index (χ0v) is 73.5. The monoisotopic (exact) mass is 1800 g/mol. The number of carboxylic acid groups (broad SMARTS) is 2. The summed E-state index contributed by atoms with van der Waals surface area (Å²) in [5.41, 5.74) is 19.0. The van der Waals surface area contributed by atoms with Crippen molar-refractivity contribution in [3.63, 3.8) is 0 Å². The molecular formula is C87H124N18O24. The molecule has 1 aromatic heterocycles. The molecule has 42 heteroatoms. The summed E-state index contributed by atoms with van der Waals surface area (Å²) in [4.78, 5) is 240. The molecule has 16 atom stereocenters. The average molecular weight is 1810 g/mol. The zero-order valence-electron chi connectivity index (χ0n) is 73.5. The molecule has 42 nitrogen and oxygen atoms in total. The Bertz CT molecular complexity index is 4650. The number of carbonyl (C=O) groups is 17. The van der Waals surface area contributed by atoms with E-state index in [2.05, 4.69) is 79.4 Å². The number of aromatic nitrogens is 1. The molecule has 0 aliphatic rings. The van der Waals surface area contributed by atoms with Gasteiger partial charge in [-0.15, -0.1) is 0 Å². The van der Waals surface area contributed by atoms with Gasteiger partial charge in [0.1, 0.15) is 96.1 Å². The Labute approximate surface area is 745 Å². The number of H-pyrrole nitrogens is 1. The zero-order chi connectivity index (χ0) is 96.1. The van der Waals surface area contributed by atoms with Crippen LogP contribution < -0.4 is 91.6 Å². The SMILES string of the molecule is CC[C@H](C)[C@H](NC(=O)[C@H](CC(C)C)NC(=O)[C@@H](NC(=O)[C@H](Cc1ccc(O)cc1)NC(=O)[C@H](CC(=O)O)NC(=O)[C@@H](NC(=O)[C@H](Cc1ccccc1)NC(=O)[C@H](CO)NC(=O)[C@H](Cc1ccc(O)cc1)NC(=O)CN)[C@@H](C)O)C(C)C)C(=O)N[C@@H](Cc1c[nH]c2ccccc12)C(=O)N[C@H](C(=O)N[C@@H](CCCCN)C(=O)N[C@@H](CCC(N)=O)C(=O)N[C@@H](CO)C(=O)O)C(C)C. The lowest BCUT2D eigenvalue weighted by Crippen LogP contribution is -2.63. The lowest BCUT2D eigenvalue weighted by molar-refractivity contribution is -0.143. The van der Waals surface area contributed by atoms with E-state index in [0.29, 0.717) is 34.0 Å². The van der Waals surface area contributed by atoms with Gasteiger partial charge in [0.15, 0.2) is 0 Å². The summed E-state index contributed by atoms with van der Waals surface area (Å²) >= 11 is 0. The highest BCUT2D eigenvalue weighted by molar-refractivity contribution is 6.02. The molecule has 0 unspecified atom stereocenters. The third kappa shape index (κ3) is 34.8. The number of nitrogens with two attached hydrogens (primary N) is 3. The van der Waals surface area contributed by atoms with E-state index in [1.165, 1.54) is 62.4 Å². The fourth-order valence-electron chi connectivity index (χ4n) is 13.6. The van der Waals surface area contributed by atoms with E-state index in [1.54, 1.807) is 102 Å². The smallest absolute Gasteiger partial charge is 0.328 e. The van der Waals surface area contributed by atoms with Crippen molar-refractivity contribution in [1.82, 2.24) is 79.4 Å². The van der Waals surface area contributed by atoms with Crippen molar-refractivity contribution in [2.75, 3.05) is 26.3 Å². The number of unbranched alkanes of at least 4 members (excludes halogenated alkanes) is 1. The van der Waals surface area contributed by atoms with Gasteiger partial charge in [0, 0.05) is 49.2 Å². The number of hydrogen-bond acceptors (Lipinski definition) is 24. The molecule has 0 radical (unpaired) electrons. The number of aromatic amines is 1. The first kappa shape index (κ1) is 106. The third-order valence-electron chi connectivity index (χ3n) is 21.1. The van der Waals surface area contributed by atoms with Gasteiger partial charge in [-0.05, 0) is 122 Å². The minimum Gasteiger partial charge on any atom is -0.508 e. The number of aliphatic carboxylic acids is 2. The molecule has 1 heterocycles. The Hall–Kier alpha value is -13.2. The van der Waals surface area contributed by atoms with Gasteiger partial charge in [-0.2, -0.15) is 0 Å². The van der Waals surface area contributed by atoms with Gasteiger partial charge in [0.2, 0.25) is 88.6 Å². The number of benzene rings is 4. The first-order valence-electron chi connectivity index (χ1n) is 42.4. The van der Waals surface area contributed by atoms with Gasteiger partial charge in [-0.25, -0.2) is 4.79 Å². The summed E-state index contributed by atoms with van der Waals surface area (Å²) in [6, 6.07) is 2.66. The highest BCUT2D eigenvalue weighted by Gasteiger charge is 2.41. The van der Waals surface area contributed by atoms with Gasteiger partial charge >= 0.3 is 11.9 Å². The number of hydrogen-bond donors (Lipinski definition) is 25. The van der Waals surface area contributed by atoms with Crippen LogP contribution in [-0.2, 0) is 107 Å². The van der Waals surface area contributed by atoms with Gasteiger partial charge < -0.3 is 132 Å². The van der Waals surface area contributed by atoms with Gasteiger partial charge in [-0.1, -0.05) is 135 Å². The van der Waals surface area contributed by atoms with E-state index in [9.17, 15) is 108 Å². The number of amides is 15. The molecule has 0 fully saturated rings. The summed E-state index contributed by atoms with van der Waals surface area (Å²) in [5.74, 6) is -21.7. The Balaban J connectivity index is 1.41. The molecule has 4 aromatic carbocycles. The maximum absolute atomic E-state index is 15.1.